The quantitative estimate of drug-likeness (QED) is 0.377. The molecule has 39 heavy (non-hydrogen) atoms. The first-order valence-electron chi connectivity index (χ1n) is 13.3. The SMILES string of the molecule is COC[C@H]1C[C@@H](NC(=O)Nc2cc(OC)c(OC)c(OC)c2)[C@@H](N2CCC(Cc3ccc(Cl)cc3)CC2)C1.Cl. The van der Waals surface area contributed by atoms with E-state index in [2.05, 4.69) is 27.7 Å². The number of halogens is 2. The van der Waals surface area contributed by atoms with E-state index >= 15 is 0 Å². The van der Waals surface area contributed by atoms with E-state index in [1.807, 2.05) is 12.1 Å². The lowest BCUT2D eigenvalue weighted by molar-refractivity contribution is 0.111. The number of benzene rings is 2. The number of nitrogens with zero attached hydrogens (tertiary/aromatic N) is 1. The fraction of sp³-hybridized carbons (Fsp3) is 0.552. The van der Waals surface area contributed by atoms with Crippen molar-refractivity contribution in [3.8, 4) is 17.2 Å². The van der Waals surface area contributed by atoms with E-state index in [0.717, 1.165) is 50.2 Å². The van der Waals surface area contributed by atoms with Crippen molar-refractivity contribution < 1.29 is 23.7 Å². The van der Waals surface area contributed by atoms with Gasteiger partial charge in [0.15, 0.2) is 11.5 Å². The molecule has 0 spiro atoms. The molecule has 1 saturated carbocycles. The van der Waals surface area contributed by atoms with Gasteiger partial charge in [0.25, 0.3) is 0 Å². The third-order valence-electron chi connectivity index (χ3n) is 7.82. The highest BCUT2D eigenvalue weighted by Crippen LogP contribution is 2.40. The molecule has 0 radical (unpaired) electrons. The van der Waals surface area contributed by atoms with E-state index in [4.69, 9.17) is 30.5 Å². The second-order valence-electron chi connectivity index (χ2n) is 10.3. The van der Waals surface area contributed by atoms with Crippen molar-refractivity contribution in [1.29, 1.82) is 0 Å². The molecule has 8 nitrogen and oxygen atoms in total. The van der Waals surface area contributed by atoms with Crippen LogP contribution >= 0.6 is 24.0 Å². The summed E-state index contributed by atoms with van der Waals surface area (Å²) in [5.41, 5.74) is 1.92. The maximum Gasteiger partial charge on any atom is 0.319 e. The molecule has 1 aliphatic carbocycles. The fourth-order valence-corrected chi connectivity index (χ4v) is 6.11. The van der Waals surface area contributed by atoms with Gasteiger partial charge in [0, 0.05) is 43.0 Å². The maximum atomic E-state index is 13.1. The number of hydrogen-bond acceptors (Lipinski definition) is 6. The van der Waals surface area contributed by atoms with Crippen LogP contribution in [0.1, 0.15) is 31.2 Å². The van der Waals surface area contributed by atoms with E-state index in [9.17, 15) is 4.79 Å². The number of piperidine rings is 1. The predicted molar refractivity (Wildman–Crippen MR) is 157 cm³/mol. The van der Waals surface area contributed by atoms with Crippen molar-refractivity contribution in [2.45, 2.75) is 44.2 Å². The molecule has 1 heterocycles. The summed E-state index contributed by atoms with van der Waals surface area (Å²) in [5, 5.41) is 6.98. The third kappa shape index (κ3) is 8.07. The average molecular weight is 583 g/mol. The van der Waals surface area contributed by atoms with Crippen LogP contribution in [-0.2, 0) is 11.2 Å². The number of methoxy groups -OCH3 is 4. The van der Waals surface area contributed by atoms with Crippen LogP contribution in [-0.4, -0.2) is 71.2 Å². The van der Waals surface area contributed by atoms with E-state index < -0.39 is 0 Å². The number of carbonyl (C=O) groups excluding carboxylic acids is 1. The Morgan fingerprint density at radius 3 is 2.15 bits per heavy atom. The molecule has 2 aromatic carbocycles. The number of urea groups is 1. The fourth-order valence-electron chi connectivity index (χ4n) is 5.98. The molecule has 0 aromatic heterocycles. The number of hydrogen-bond donors (Lipinski definition) is 2. The molecule has 216 valence electrons. The summed E-state index contributed by atoms with van der Waals surface area (Å²) in [7, 11) is 6.41. The maximum absolute atomic E-state index is 13.1. The molecule has 1 aliphatic heterocycles. The molecule has 2 amide bonds. The number of likely N-dealkylation sites (tertiary alicyclic amines) is 1. The monoisotopic (exact) mass is 581 g/mol. The normalized spacial score (nSPS) is 21.6. The molecular formula is C29H41Cl2N3O5. The van der Waals surface area contributed by atoms with Crippen LogP contribution < -0.4 is 24.8 Å². The molecule has 0 unspecified atom stereocenters. The van der Waals surface area contributed by atoms with Gasteiger partial charge in [-0.2, -0.15) is 0 Å². The van der Waals surface area contributed by atoms with Crippen LogP contribution in [0.5, 0.6) is 17.2 Å². The van der Waals surface area contributed by atoms with Crippen molar-refractivity contribution in [2.75, 3.05) is 53.5 Å². The van der Waals surface area contributed by atoms with Crippen molar-refractivity contribution in [1.82, 2.24) is 10.2 Å². The van der Waals surface area contributed by atoms with E-state index in [1.165, 1.54) is 5.56 Å². The van der Waals surface area contributed by atoms with E-state index in [1.54, 1.807) is 40.6 Å². The second kappa shape index (κ2) is 14.8. The minimum absolute atomic E-state index is 0. The molecule has 3 atom stereocenters. The Morgan fingerprint density at radius 1 is 0.949 bits per heavy atom. The predicted octanol–water partition coefficient (Wildman–Crippen LogP) is 5.66. The average Bonchev–Trinajstić information content (AvgIpc) is 3.31. The summed E-state index contributed by atoms with van der Waals surface area (Å²) in [6.07, 6.45) is 5.30. The summed E-state index contributed by atoms with van der Waals surface area (Å²) in [6.45, 7) is 2.78. The first kappa shape index (κ1) is 31.1. The van der Waals surface area contributed by atoms with Gasteiger partial charge in [-0.1, -0.05) is 23.7 Å². The minimum Gasteiger partial charge on any atom is -0.493 e. The van der Waals surface area contributed by atoms with Crippen LogP contribution in [0, 0.1) is 11.8 Å². The Kier molecular flexibility index (Phi) is 11.9. The largest absolute Gasteiger partial charge is 0.493 e. The lowest BCUT2D eigenvalue weighted by Gasteiger charge is -2.38. The van der Waals surface area contributed by atoms with Gasteiger partial charge >= 0.3 is 6.03 Å². The molecule has 2 N–H and O–H groups in total. The number of amides is 2. The number of nitrogens with one attached hydrogen (secondary N) is 2. The van der Waals surface area contributed by atoms with Gasteiger partial charge in [0.2, 0.25) is 5.75 Å². The molecule has 2 aromatic rings. The summed E-state index contributed by atoms with van der Waals surface area (Å²) in [5.74, 6) is 2.55. The van der Waals surface area contributed by atoms with Crippen LogP contribution in [0.3, 0.4) is 0 Å². The molecule has 4 rings (SSSR count). The molecular weight excluding hydrogens is 541 g/mol. The minimum atomic E-state index is -0.245. The first-order chi connectivity index (χ1) is 18.4. The highest BCUT2D eigenvalue weighted by atomic mass is 35.5. The van der Waals surface area contributed by atoms with E-state index in [0.29, 0.717) is 41.4 Å². The summed E-state index contributed by atoms with van der Waals surface area (Å²) >= 11 is 6.05. The van der Waals surface area contributed by atoms with Crippen LogP contribution in [0.25, 0.3) is 0 Å². The van der Waals surface area contributed by atoms with Crippen molar-refractivity contribution >= 4 is 35.7 Å². The smallest absolute Gasteiger partial charge is 0.319 e. The molecule has 2 aliphatic rings. The topological polar surface area (TPSA) is 81.3 Å². The summed E-state index contributed by atoms with van der Waals surface area (Å²) < 4.78 is 21.7. The molecule has 10 heteroatoms. The van der Waals surface area contributed by atoms with Gasteiger partial charge in [-0.15, -0.1) is 12.4 Å². The first-order valence-corrected chi connectivity index (χ1v) is 13.7. The lowest BCUT2D eigenvalue weighted by Crippen LogP contribution is -2.52. The van der Waals surface area contributed by atoms with Crippen molar-refractivity contribution in [2.24, 2.45) is 11.8 Å². The standard InChI is InChI=1S/C29H40ClN3O5.ClH/c1-35-18-21-14-24(32-29(34)31-23-16-26(36-2)28(38-4)27(17-23)37-3)25(15-21)33-11-9-20(10-12-33)13-19-5-7-22(30)8-6-19;/h5-8,16-17,20-21,24-25H,9-15,18H2,1-4H3,(H2,31,32,34);1H/t21-,24+,25-;/m0./s1. The van der Waals surface area contributed by atoms with Crippen LogP contribution in [0.15, 0.2) is 36.4 Å². The van der Waals surface area contributed by atoms with E-state index in [-0.39, 0.29) is 30.5 Å². The van der Waals surface area contributed by atoms with Gasteiger partial charge < -0.3 is 29.6 Å². The van der Waals surface area contributed by atoms with Gasteiger partial charge in [-0.25, -0.2) is 4.79 Å². The summed E-state index contributed by atoms with van der Waals surface area (Å²) in [6, 6.07) is 11.8. The Labute approximate surface area is 243 Å². The Hall–Kier alpha value is -2.39. The highest BCUT2D eigenvalue weighted by Gasteiger charge is 2.39. The van der Waals surface area contributed by atoms with Crippen molar-refractivity contribution in [3.05, 3.63) is 47.0 Å². The Balaban J connectivity index is 0.00000420. The van der Waals surface area contributed by atoms with Crippen molar-refractivity contribution in [3.63, 3.8) is 0 Å². The zero-order valence-corrected chi connectivity index (χ0v) is 24.8. The molecule has 1 saturated heterocycles. The summed E-state index contributed by atoms with van der Waals surface area (Å²) in [4.78, 5) is 15.7. The van der Waals surface area contributed by atoms with Gasteiger partial charge in [-0.3, -0.25) is 4.90 Å². The molecule has 2 fully saturated rings. The van der Waals surface area contributed by atoms with Gasteiger partial charge in [-0.05, 0) is 74.7 Å². The molecule has 0 bridgehead atoms. The Bertz CT molecular complexity index is 1040. The Morgan fingerprint density at radius 2 is 1.59 bits per heavy atom. The number of anilines is 1. The zero-order chi connectivity index (χ0) is 27.1. The lowest BCUT2D eigenvalue weighted by atomic mass is 9.89. The third-order valence-corrected chi connectivity index (χ3v) is 8.08. The van der Waals surface area contributed by atoms with Crippen LogP contribution in [0.2, 0.25) is 5.02 Å². The van der Waals surface area contributed by atoms with Gasteiger partial charge in [0.1, 0.15) is 0 Å². The number of rotatable bonds is 10. The zero-order valence-electron chi connectivity index (χ0n) is 23.2. The number of ether oxygens (including phenoxy) is 4. The second-order valence-corrected chi connectivity index (χ2v) is 10.7. The van der Waals surface area contributed by atoms with Gasteiger partial charge in [0.05, 0.1) is 27.0 Å². The number of carbonyl (C=O) groups is 1. The van der Waals surface area contributed by atoms with Crippen LogP contribution in [0.4, 0.5) is 10.5 Å². The highest BCUT2D eigenvalue weighted by molar-refractivity contribution is 6.30.